The fraction of sp³-hybridized carbons (Fsp3) is 0.500. The van der Waals surface area contributed by atoms with Gasteiger partial charge >= 0.3 is 0 Å². The van der Waals surface area contributed by atoms with Crippen molar-refractivity contribution in [2.24, 2.45) is 0 Å². The van der Waals surface area contributed by atoms with E-state index in [2.05, 4.69) is 15.5 Å². The second-order valence-corrected chi connectivity index (χ2v) is 5.35. The molecule has 0 aliphatic heterocycles. The van der Waals surface area contributed by atoms with Gasteiger partial charge in [0.1, 0.15) is 0 Å². The normalized spacial score (nSPS) is 16.7. The second-order valence-electron chi connectivity index (χ2n) is 5.35. The van der Waals surface area contributed by atoms with Crippen LogP contribution in [0, 0.1) is 6.92 Å². The van der Waals surface area contributed by atoms with Crippen molar-refractivity contribution in [3.8, 4) is 5.69 Å². The molecule has 0 unspecified atom stereocenters. The Hall–Kier alpha value is -1.91. The fourth-order valence-electron chi connectivity index (χ4n) is 2.82. The van der Waals surface area contributed by atoms with Crippen LogP contribution in [0.15, 0.2) is 18.2 Å². The molecule has 1 aromatic heterocycles. The van der Waals surface area contributed by atoms with Gasteiger partial charge in [-0.1, -0.05) is 25.3 Å². The van der Waals surface area contributed by atoms with E-state index in [1.54, 1.807) is 0 Å². The molecule has 5 nitrogen and oxygen atoms in total. The lowest BCUT2D eigenvalue weighted by molar-refractivity contribution is 0.422. The summed E-state index contributed by atoms with van der Waals surface area (Å²) in [4.78, 5) is 0. The highest BCUT2D eigenvalue weighted by Crippen LogP contribution is 2.32. The number of anilines is 1. The van der Waals surface area contributed by atoms with Gasteiger partial charge in [-0.25, -0.2) is 0 Å². The van der Waals surface area contributed by atoms with Gasteiger partial charge in [0.15, 0.2) is 5.82 Å². The molecule has 0 saturated heterocycles. The summed E-state index contributed by atoms with van der Waals surface area (Å²) in [5.41, 5.74) is 8.84. The summed E-state index contributed by atoms with van der Waals surface area (Å²) >= 11 is 0. The Kier molecular flexibility index (Phi) is 3.19. The van der Waals surface area contributed by atoms with Crippen LogP contribution in [-0.4, -0.2) is 20.2 Å². The molecule has 100 valence electrons. The van der Waals surface area contributed by atoms with Gasteiger partial charge in [0.2, 0.25) is 0 Å². The van der Waals surface area contributed by atoms with Crippen LogP contribution in [0.5, 0.6) is 0 Å². The molecule has 0 amide bonds. The van der Waals surface area contributed by atoms with Crippen molar-refractivity contribution < 1.29 is 0 Å². The summed E-state index contributed by atoms with van der Waals surface area (Å²) in [5, 5.41) is 12.2. The molecule has 1 saturated carbocycles. The zero-order chi connectivity index (χ0) is 13.2. The number of nitrogens with two attached hydrogens (primary N) is 1. The van der Waals surface area contributed by atoms with E-state index in [-0.39, 0.29) is 0 Å². The van der Waals surface area contributed by atoms with Crippen molar-refractivity contribution in [1.29, 1.82) is 0 Å². The number of rotatable bonds is 2. The van der Waals surface area contributed by atoms with Gasteiger partial charge in [0, 0.05) is 5.92 Å². The van der Waals surface area contributed by atoms with Crippen molar-refractivity contribution >= 4 is 5.69 Å². The van der Waals surface area contributed by atoms with Gasteiger partial charge in [-0.15, -0.1) is 5.10 Å². The van der Waals surface area contributed by atoms with Crippen LogP contribution in [0.3, 0.4) is 0 Å². The number of nitrogen functional groups attached to an aromatic ring is 1. The Labute approximate surface area is 112 Å². The Morgan fingerprint density at radius 1 is 1.21 bits per heavy atom. The maximum Gasteiger partial charge on any atom is 0.159 e. The molecule has 0 bridgehead atoms. The minimum atomic E-state index is 0.462. The maximum absolute atomic E-state index is 6.06. The summed E-state index contributed by atoms with van der Waals surface area (Å²) in [7, 11) is 0. The predicted molar refractivity (Wildman–Crippen MR) is 74.1 cm³/mol. The Bertz CT molecular complexity index is 569. The van der Waals surface area contributed by atoms with Gasteiger partial charge in [-0.05, 0) is 47.9 Å². The van der Waals surface area contributed by atoms with E-state index in [4.69, 9.17) is 5.73 Å². The van der Waals surface area contributed by atoms with Gasteiger partial charge in [0.25, 0.3) is 0 Å². The Morgan fingerprint density at radius 3 is 2.79 bits per heavy atom. The molecule has 19 heavy (non-hydrogen) atoms. The first-order valence-electron chi connectivity index (χ1n) is 6.90. The lowest BCUT2D eigenvalue weighted by Crippen LogP contribution is -2.13. The molecule has 1 fully saturated rings. The largest absolute Gasteiger partial charge is 0.397 e. The zero-order valence-corrected chi connectivity index (χ0v) is 11.2. The van der Waals surface area contributed by atoms with E-state index >= 15 is 0 Å². The molecular weight excluding hydrogens is 238 g/mol. The van der Waals surface area contributed by atoms with Crippen molar-refractivity contribution in [3.63, 3.8) is 0 Å². The summed E-state index contributed by atoms with van der Waals surface area (Å²) in [6.45, 7) is 2.05. The molecule has 0 atom stereocenters. The number of tetrazole rings is 1. The summed E-state index contributed by atoms with van der Waals surface area (Å²) < 4.78 is 1.82. The first-order chi connectivity index (χ1) is 9.25. The Balaban J connectivity index is 2.01. The molecular formula is C14H19N5. The smallest absolute Gasteiger partial charge is 0.159 e. The number of aryl methyl sites for hydroxylation is 1. The second kappa shape index (κ2) is 4.99. The summed E-state index contributed by atoms with van der Waals surface area (Å²) in [5.74, 6) is 1.42. The van der Waals surface area contributed by atoms with Crippen LogP contribution in [0.4, 0.5) is 5.69 Å². The number of aromatic nitrogens is 4. The van der Waals surface area contributed by atoms with Crippen molar-refractivity contribution in [3.05, 3.63) is 29.6 Å². The van der Waals surface area contributed by atoms with Crippen LogP contribution in [0.25, 0.3) is 5.69 Å². The first kappa shape index (κ1) is 12.1. The van der Waals surface area contributed by atoms with Crippen LogP contribution in [0.1, 0.15) is 49.4 Å². The van der Waals surface area contributed by atoms with Gasteiger partial charge in [-0.2, -0.15) is 4.68 Å². The van der Waals surface area contributed by atoms with E-state index in [0.29, 0.717) is 5.92 Å². The van der Waals surface area contributed by atoms with Crippen molar-refractivity contribution in [2.75, 3.05) is 5.73 Å². The molecule has 0 spiro atoms. The third-order valence-corrected chi connectivity index (χ3v) is 3.88. The van der Waals surface area contributed by atoms with E-state index in [1.807, 2.05) is 29.8 Å². The van der Waals surface area contributed by atoms with E-state index < -0.39 is 0 Å². The SMILES string of the molecule is Cc1ccc(N)c(-n2nnnc2C2CCCCC2)c1. The molecule has 5 heteroatoms. The highest BCUT2D eigenvalue weighted by molar-refractivity contribution is 5.58. The Morgan fingerprint density at radius 2 is 2.00 bits per heavy atom. The molecule has 1 heterocycles. The minimum Gasteiger partial charge on any atom is -0.397 e. The average Bonchev–Trinajstić information content (AvgIpc) is 2.91. The highest BCUT2D eigenvalue weighted by atomic mass is 15.5. The minimum absolute atomic E-state index is 0.462. The fourth-order valence-corrected chi connectivity index (χ4v) is 2.82. The van der Waals surface area contributed by atoms with E-state index in [1.165, 1.54) is 32.1 Å². The standard InChI is InChI=1S/C14H19N5/c1-10-7-8-12(15)13(9-10)19-14(16-17-18-19)11-5-3-2-4-6-11/h7-9,11H,2-6,15H2,1H3. The lowest BCUT2D eigenvalue weighted by Gasteiger charge is -2.20. The summed E-state index contributed by atoms with van der Waals surface area (Å²) in [6.07, 6.45) is 6.20. The van der Waals surface area contributed by atoms with E-state index in [9.17, 15) is 0 Å². The van der Waals surface area contributed by atoms with Crippen LogP contribution in [0.2, 0.25) is 0 Å². The topological polar surface area (TPSA) is 69.6 Å². The van der Waals surface area contributed by atoms with Gasteiger partial charge in [-0.3, -0.25) is 0 Å². The van der Waals surface area contributed by atoms with Crippen LogP contribution >= 0.6 is 0 Å². The first-order valence-corrected chi connectivity index (χ1v) is 6.90. The summed E-state index contributed by atoms with van der Waals surface area (Å²) in [6, 6.07) is 5.96. The number of hydrogen-bond acceptors (Lipinski definition) is 4. The maximum atomic E-state index is 6.06. The molecule has 1 aliphatic carbocycles. The number of nitrogens with zero attached hydrogens (tertiary/aromatic N) is 4. The zero-order valence-electron chi connectivity index (χ0n) is 11.2. The highest BCUT2D eigenvalue weighted by Gasteiger charge is 2.23. The molecule has 3 rings (SSSR count). The molecule has 0 radical (unpaired) electrons. The quantitative estimate of drug-likeness (QED) is 0.839. The molecule has 1 aromatic carbocycles. The third-order valence-electron chi connectivity index (χ3n) is 3.88. The molecule has 2 N–H and O–H groups in total. The van der Waals surface area contributed by atoms with Crippen molar-refractivity contribution in [1.82, 2.24) is 20.2 Å². The lowest BCUT2D eigenvalue weighted by atomic mass is 9.88. The monoisotopic (exact) mass is 257 g/mol. The van der Waals surface area contributed by atoms with Gasteiger partial charge < -0.3 is 5.73 Å². The van der Waals surface area contributed by atoms with Crippen LogP contribution in [-0.2, 0) is 0 Å². The van der Waals surface area contributed by atoms with Crippen LogP contribution < -0.4 is 5.73 Å². The average molecular weight is 257 g/mol. The van der Waals surface area contributed by atoms with Gasteiger partial charge in [0.05, 0.1) is 11.4 Å². The molecule has 2 aromatic rings. The van der Waals surface area contributed by atoms with Crippen molar-refractivity contribution in [2.45, 2.75) is 44.9 Å². The predicted octanol–water partition coefficient (Wildman–Crippen LogP) is 2.60. The molecule has 1 aliphatic rings. The number of hydrogen-bond donors (Lipinski definition) is 1. The third kappa shape index (κ3) is 2.32. The van der Waals surface area contributed by atoms with E-state index in [0.717, 1.165) is 22.8 Å². The number of benzene rings is 1.